The minimum Gasteiger partial charge on any atom is -0.380 e. The van der Waals surface area contributed by atoms with Crippen molar-refractivity contribution in [2.45, 2.75) is 32.3 Å². The molecule has 1 aromatic carbocycles. The number of ether oxygens (including phenoxy) is 1. The van der Waals surface area contributed by atoms with Gasteiger partial charge in [-0.15, -0.1) is 0 Å². The van der Waals surface area contributed by atoms with E-state index in [0.29, 0.717) is 12.5 Å². The van der Waals surface area contributed by atoms with Gasteiger partial charge in [0.1, 0.15) is 5.82 Å². The molecule has 0 radical (unpaired) electrons. The highest BCUT2D eigenvalue weighted by molar-refractivity contribution is 5.98. The fourth-order valence-electron chi connectivity index (χ4n) is 3.88. The number of fused-ring (bicyclic) bond motifs is 1. The summed E-state index contributed by atoms with van der Waals surface area (Å²) in [5.74, 6) is 1.19. The van der Waals surface area contributed by atoms with E-state index in [4.69, 9.17) is 4.74 Å². The van der Waals surface area contributed by atoms with E-state index in [-0.39, 0.29) is 5.91 Å². The molecule has 28 heavy (non-hydrogen) atoms. The number of carbonyl (C=O) groups excluding carboxylic acids is 1. The number of methoxy groups -OCH3 is 1. The summed E-state index contributed by atoms with van der Waals surface area (Å²) in [6.45, 7) is 3.88. The lowest BCUT2D eigenvalue weighted by Gasteiger charge is -2.32. The second-order valence-electron chi connectivity index (χ2n) is 7.24. The Labute approximate surface area is 164 Å². The molecule has 2 aromatic heterocycles. The van der Waals surface area contributed by atoms with Gasteiger partial charge in [0.25, 0.3) is 5.91 Å². The lowest BCUT2D eigenvalue weighted by Crippen LogP contribution is -2.38. The van der Waals surface area contributed by atoms with Crippen LogP contribution in [0.3, 0.4) is 0 Å². The Kier molecular flexibility index (Phi) is 5.30. The van der Waals surface area contributed by atoms with Gasteiger partial charge >= 0.3 is 0 Å². The van der Waals surface area contributed by atoms with E-state index >= 15 is 0 Å². The Bertz CT molecular complexity index is 997. The van der Waals surface area contributed by atoms with Crippen LogP contribution in [0.4, 0.5) is 0 Å². The van der Waals surface area contributed by atoms with Crippen LogP contribution in [-0.4, -0.2) is 46.0 Å². The zero-order valence-corrected chi connectivity index (χ0v) is 16.3. The van der Waals surface area contributed by atoms with Crippen LogP contribution in [-0.2, 0) is 11.3 Å². The molecule has 6 nitrogen and oxygen atoms in total. The van der Waals surface area contributed by atoms with E-state index < -0.39 is 0 Å². The van der Waals surface area contributed by atoms with E-state index in [2.05, 4.69) is 15.0 Å². The minimum absolute atomic E-state index is 0.0835. The minimum atomic E-state index is 0.0835. The predicted octanol–water partition coefficient (Wildman–Crippen LogP) is 3.50. The smallest absolute Gasteiger partial charge is 0.253 e. The fourth-order valence-corrected chi connectivity index (χ4v) is 3.88. The topological polar surface area (TPSA) is 68.2 Å². The molecule has 4 rings (SSSR count). The molecule has 0 aliphatic carbocycles. The zero-order valence-electron chi connectivity index (χ0n) is 16.3. The summed E-state index contributed by atoms with van der Waals surface area (Å²) >= 11 is 0. The summed E-state index contributed by atoms with van der Waals surface area (Å²) in [6, 6.07) is 9.59. The van der Waals surface area contributed by atoms with Gasteiger partial charge in [-0.05, 0) is 44.0 Å². The van der Waals surface area contributed by atoms with Crippen LogP contribution in [0, 0.1) is 6.92 Å². The third-order valence-corrected chi connectivity index (χ3v) is 5.34. The highest BCUT2D eigenvalue weighted by Gasteiger charge is 2.27. The third kappa shape index (κ3) is 3.73. The summed E-state index contributed by atoms with van der Waals surface area (Å²) in [6.07, 6.45) is 5.42. The molecule has 1 saturated heterocycles. The number of aryl methyl sites for hydroxylation is 1. The Balaban J connectivity index is 1.48. The molecule has 1 fully saturated rings. The maximum atomic E-state index is 13.0. The first-order chi connectivity index (χ1) is 13.7. The molecule has 1 amide bonds. The number of pyridine rings is 1. The first kappa shape index (κ1) is 18.5. The lowest BCUT2D eigenvalue weighted by molar-refractivity contribution is 0.0711. The molecule has 6 heteroatoms. The van der Waals surface area contributed by atoms with Crippen LogP contribution in [0.1, 0.15) is 46.2 Å². The van der Waals surface area contributed by atoms with E-state index in [9.17, 15) is 4.79 Å². The van der Waals surface area contributed by atoms with Crippen LogP contribution in [0.25, 0.3) is 10.9 Å². The molecule has 0 bridgehead atoms. The maximum absolute atomic E-state index is 13.0. The number of hydrogen-bond acceptors (Lipinski definition) is 5. The summed E-state index contributed by atoms with van der Waals surface area (Å²) in [7, 11) is 1.68. The third-order valence-electron chi connectivity index (χ3n) is 5.34. The van der Waals surface area contributed by atoms with Crippen molar-refractivity contribution in [3.05, 3.63) is 65.4 Å². The molecule has 3 aromatic rings. The molecular weight excluding hydrogens is 352 g/mol. The molecule has 0 spiro atoms. The number of benzene rings is 1. The van der Waals surface area contributed by atoms with E-state index in [1.165, 1.54) is 0 Å². The van der Waals surface area contributed by atoms with Gasteiger partial charge in [0.15, 0.2) is 0 Å². The van der Waals surface area contributed by atoms with Crippen LogP contribution in [0.15, 0.2) is 42.7 Å². The number of amides is 1. The van der Waals surface area contributed by atoms with Crippen LogP contribution in [0.5, 0.6) is 0 Å². The van der Waals surface area contributed by atoms with Crippen molar-refractivity contribution in [1.29, 1.82) is 0 Å². The van der Waals surface area contributed by atoms with Gasteiger partial charge in [0.2, 0.25) is 0 Å². The average Bonchev–Trinajstić information content (AvgIpc) is 2.74. The number of rotatable bonds is 4. The Morgan fingerprint density at radius 2 is 2.04 bits per heavy atom. The van der Waals surface area contributed by atoms with Crippen molar-refractivity contribution in [2.75, 3.05) is 20.2 Å². The first-order valence-electron chi connectivity index (χ1n) is 9.61. The van der Waals surface area contributed by atoms with Gasteiger partial charge in [-0.25, -0.2) is 9.97 Å². The largest absolute Gasteiger partial charge is 0.380 e. The highest BCUT2D eigenvalue weighted by Crippen LogP contribution is 2.30. The number of likely N-dealkylation sites (tertiary alicyclic amines) is 1. The van der Waals surface area contributed by atoms with Crippen molar-refractivity contribution in [3.8, 4) is 0 Å². The summed E-state index contributed by atoms with van der Waals surface area (Å²) < 4.78 is 5.30. The van der Waals surface area contributed by atoms with Crippen LogP contribution < -0.4 is 0 Å². The summed E-state index contributed by atoms with van der Waals surface area (Å²) in [5.41, 5.74) is 3.73. The average molecular weight is 376 g/mol. The number of carbonyl (C=O) groups is 1. The van der Waals surface area contributed by atoms with Crippen molar-refractivity contribution in [1.82, 2.24) is 19.9 Å². The number of aromatic nitrogens is 3. The van der Waals surface area contributed by atoms with E-state index in [0.717, 1.165) is 59.5 Å². The molecule has 1 aliphatic heterocycles. The van der Waals surface area contributed by atoms with Crippen LogP contribution >= 0.6 is 0 Å². The molecule has 0 saturated carbocycles. The Hall–Kier alpha value is -2.86. The molecule has 0 atom stereocenters. The molecule has 0 unspecified atom stereocenters. The van der Waals surface area contributed by atoms with Gasteiger partial charge in [0, 0.05) is 55.0 Å². The van der Waals surface area contributed by atoms with Gasteiger partial charge in [-0.3, -0.25) is 9.78 Å². The molecule has 1 aliphatic rings. The zero-order chi connectivity index (χ0) is 19.5. The number of piperidine rings is 1. The van der Waals surface area contributed by atoms with Gasteiger partial charge in [0.05, 0.1) is 17.8 Å². The van der Waals surface area contributed by atoms with Crippen molar-refractivity contribution in [2.24, 2.45) is 0 Å². The molecular formula is C22H24N4O2. The SMILES string of the molecule is COCc1cnc(C)nc1C1CCN(C(=O)c2ccc3ncccc3c2)CC1. The Morgan fingerprint density at radius 3 is 2.82 bits per heavy atom. The lowest BCUT2D eigenvalue weighted by atomic mass is 9.90. The standard InChI is InChI=1S/C22H24N4O2/c1-15-24-13-19(14-28-2)21(25-15)16-7-10-26(11-8-16)22(27)18-5-6-20-17(12-18)4-3-9-23-20/h3-6,9,12-13,16H,7-8,10-11,14H2,1-2H3. The van der Waals surface area contributed by atoms with E-state index in [1.807, 2.05) is 48.4 Å². The second-order valence-corrected chi connectivity index (χ2v) is 7.24. The van der Waals surface area contributed by atoms with Gasteiger partial charge in [-0.1, -0.05) is 6.07 Å². The number of hydrogen-bond donors (Lipinski definition) is 0. The van der Waals surface area contributed by atoms with Gasteiger partial charge in [-0.2, -0.15) is 0 Å². The Morgan fingerprint density at radius 1 is 1.21 bits per heavy atom. The molecule has 0 N–H and O–H groups in total. The monoisotopic (exact) mass is 376 g/mol. The summed E-state index contributed by atoms with van der Waals surface area (Å²) in [5, 5.41) is 0.990. The van der Waals surface area contributed by atoms with E-state index in [1.54, 1.807) is 13.3 Å². The van der Waals surface area contributed by atoms with Gasteiger partial charge < -0.3 is 9.64 Å². The fraction of sp³-hybridized carbons (Fsp3) is 0.364. The van der Waals surface area contributed by atoms with Crippen molar-refractivity contribution >= 4 is 16.8 Å². The highest BCUT2D eigenvalue weighted by atomic mass is 16.5. The van der Waals surface area contributed by atoms with Crippen LogP contribution in [0.2, 0.25) is 0 Å². The first-order valence-corrected chi connectivity index (χ1v) is 9.61. The van der Waals surface area contributed by atoms with Crippen molar-refractivity contribution in [3.63, 3.8) is 0 Å². The van der Waals surface area contributed by atoms with Crippen molar-refractivity contribution < 1.29 is 9.53 Å². The predicted molar refractivity (Wildman–Crippen MR) is 107 cm³/mol. The maximum Gasteiger partial charge on any atom is 0.253 e. The normalized spacial score (nSPS) is 15.1. The molecule has 3 heterocycles. The molecule has 144 valence electrons. The quantitative estimate of drug-likeness (QED) is 0.697. The number of nitrogens with zero attached hydrogens (tertiary/aromatic N) is 4. The second kappa shape index (κ2) is 8.02. The summed E-state index contributed by atoms with van der Waals surface area (Å²) in [4.78, 5) is 28.2.